The standard InChI is InChI=1S/C20H19FN2O2/c21-16-12-15-8-4-10-22-19(15)17(13-16)20(25)23-18(9-5-11-24)14-6-2-1-3-7-14/h1-4,6-8,10,12-13,18,24H,5,9,11H2,(H,23,25). The smallest absolute Gasteiger partial charge is 0.254 e. The number of rotatable bonds is 6. The van der Waals surface area contributed by atoms with E-state index in [2.05, 4.69) is 10.3 Å². The molecule has 0 spiro atoms. The number of pyridine rings is 1. The highest BCUT2D eigenvalue weighted by Gasteiger charge is 2.18. The number of aliphatic hydroxyl groups excluding tert-OH is 1. The molecule has 1 aromatic heterocycles. The molecule has 0 aliphatic carbocycles. The Balaban J connectivity index is 1.91. The predicted octanol–water partition coefficient (Wildman–Crippen LogP) is 3.62. The lowest BCUT2D eigenvalue weighted by Gasteiger charge is -2.19. The average Bonchev–Trinajstić information content (AvgIpc) is 2.65. The van der Waals surface area contributed by atoms with Crippen molar-refractivity contribution in [2.45, 2.75) is 18.9 Å². The summed E-state index contributed by atoms with van der Waals surface area (Å²) in [6, 6.07) is 15.3. The van der Waals surface area contributed by atoms with Crippen molar-refractivity contribution in [2.75, 3.05) is 6.61 Å². The zero-order valence-electron chi connectivity index (χ0n) is 13.7. The van der Waals surface area contributed by atoms with Crippen LogP contribution in [-0.4, -0.2) is 22.6 Å². The van der Waals surface area contributed by atoms with Crippen LogP contribution in [0.1, 0.15) is 34.8 Å². The fourth-order valence-corrected chi connectivity index (χ4v) is 2.87. The molecule has 0 aliphatic rings. The van der Waals surface area contributed by atoms with Crippen LogP contribution in [0.15, 0.2) is 60.8 Å². The van der Waals surface area contributed by atoms with Crippen LogP contribution in [0.3, 0.4) is 0 Å². The molecule has 2 N–H and O–H groups in total. The van der Waals surface area contributed by atoms with Crippen LogP contribution < -0.4 is 5.32 Å². The third kappa shape index (κ3) is 4.00. The summed E-state index contributed by atoms with van der Waals surface area (Å²) in [5.41, 5.74) is 1.62. The minimum Gasteiger partial charge on any atom is -0.396 e. The maximum absolute atomic E-state index is 13.9. The molecule has 4 nitrogen and oxygen atoms in total. The predicted molar refractivity (Wildman–Crippen MR) is 94.7 cm³/mol. The van der Waals surface area contributed by atoms with Crippen LogP contribution in [-0.2, 0) is 0 Å². The van der Waals surface area contributed by atoms with Crippen molar-refractivity contribution in [3.8, 4) is 0 Å². The first-order chi connectivity index (χ1) is 12.2. The molecule has 0 aliphatic heterocycles. The molecule has 3 aromatic rings. The second kappa shape index (κ2) is 7.85. The number of carbonyl (C=O) groups excluding carboxylic acids is 1. The minimum atomic E-state index is -0.475. The Morgan fingerprint density at radius 1 is 1.16 bits per heavy atom. The monoisotopic (exact) mass is 338 g/mol. The Kier molecular flexibility index (Phi) is 5.36. The van der Waals surface area contributed by atoms with E-state index in [9.17, 15) is 9.18 Å². The molecular weight excluding hydrogens is 319 g/mol. The normalized spacial score (nSPS) is 12.1. The number of nitrogens with zero attached hydrogens (tertiary/aromatic N) is 1. The molecule has 5 heteroatoms. The SMILES string of the molecule is O=C(NC(CCCO)c1ccccc1)c1cc(F)cc2cccnc12. The molecule has 128 valence electrons. The minimum absolute atomic E-state index is 0.0453. The number of nitrogens with one attached hydrogen (secondary N) is 1. The average molecular weight is 338 g/mol. The van der Waals surface area contributed by atoms with E-state index in [0.29, 0.717) is 23.7 Å². The molecule has 0 radical (unpaired) electrons. The molecule has 0 saturated heterocycles. The van der Waals surface area contributed by atoms with Gasteiger partial charge in [-0.25, -0.2) is 4.39 Å². The van der Waals surface area contributed by atoms with Gasteiger partial charge in [0, 0.05) is 18.2 Å². The van der Waals surface area contributed by atoms with Gasteiger partial charge in [-0.3, -0.25) is 9.78 Å². The first-order valence-electron chi connectivity index (χ1n) is 8.20. The number of halogens is 1. The zero-order chi connectivity index (χ0) is 17.6. The van der Waals surface area contributed by atoms with Crippen molar-refractivity contribution in [3.05, 3.63) is 77.7 Å². The van der Waals surface area contributed by atoms with Gasteiger partial charge in [-0.2, -0.15) is 0 Å². The lowest BCUT2D eigenvalue weighted by atomic mass is 10.0. The summed E-state index contributed by atoms with van der Waals surface area (Å²) in [6.45, 7) is 0.0453. The molecule has 2 aromatic carbocycles. The highest BCUT2D eigenvalue weighted by Crippen LogP contribution is 2.22. The number of aromatic nitrogens is 1. The van der Waals surface area contributed by atoms with E-state index >= 15 is 0 Å². The largest absolute Gasteiger partial charge is 0.396 e. The van der Waals surface area contributed by atoms with Crippen LogP contribution in [0.2, 0.25) is 0 Å². The number of amides is 1. The van der Waals surface area contributed by atoms with Gasteiger partial charge in [0.2, 0.25) is 0 Å². The van der Waals surface area contributed by atoms with E-state index in [1.807, 2.05) is 30.3 Å². The molecule has 1 unspecified atom stereocenters. The molecule has 1 atom stereocenters. The van der Waals surface area contributed by atoms with E-state index in [1.54, 1.807) is 18.3 Å². The zero-order valence-corrected chi connectivity index (χ0v) is 13.7. The van der Waals surface area contributed by atoms with E-state index in [0.717, 1.165) is 5.56 Å². The van der Waals surface area contributed by atoms with E-state index in [4.69, 9.17) is 5.11 Å². The third-order valence-electron chi connectivity index (χ3n) is 4.07. The first-order valence-corrected chi connectivity index (χ1v) is 8.20. The second-order valence-corrected chi connectivity index (χ2v) is 5.83. The summed E-state index contributed by atoms with van der Waals surface area (Å²) >= 11 is 0. The molecule has 0 fully saturated rings. The first kappa shape index (κ1) is 17.0. The van der Waals surface area contributed by atoms with Gasteiger partial charge in [-0.05, 0) is 36.6 Å². The van der Waals surface area contributed by atoms with Crippen molar-refractivity contribution < 1.29 is 14.3 Å². The van der Waals surface area contributed by atoms with Crippen molar-refractivity contribution in [2.24, 2.45) is 0 Å². The van der Waals surface area contributed by atoms with Gasteiger partial charge in [0.15, 0.2) is 0 Å². The summed E-state index contributed by atoms with van der Waals surface area (Å²) in [7, 11) is 0. The summed E-state index contributed by atoms with van der Waals surface area (Å²) < 4.78 is 13.9. The van der Waals surface area contributed by atoms with Crippen LogP contribution in [0, 0.1) is 5.82 Å². The van der Waals surface area contributed by atoms with Crippen molar-refractivity contribution >= 4 is 16.8 Å². The van der Waals surface area contributed by atoms with Gasteiger partial charge in [0.25, 0.3) is 5.91 Å². The number of fused-ring (bicyclic) bond motifs is 1. The Bertz CT molecular complexity index is 868. The van der Waals surface area contributed by atoms with Gasteiger partial charge in [-0.15, -0.1) is 0 Å². The molecule has 1 heterocycles. The fourth-order valence-electron chi connectivity index (χ4n) is 2.87. The number of carbonyl (C=O) groups is 1. The van der Waals surface area contributed by atoms with Crippen molar-refractivity contribution in [3.63, 3.8) is 0 Å². The third-order valence-corrected chi connectivity index (χ3v) is 4.07. The lowest BCUT2D eigenvalue weighted by Crippen LogP contribution is -2.29. The molecular formula is C20H19FN2O2. The maximum Gasteiger partial charge on any atom is 0.254 e. The topological polar surface area (TPSA) is 62.2 Å². The molecule has 1 amide bonds. The Morgan fingerprint density at radius 2 is 1.96 bits per heavy atom. The van der Waals surface area contributed by atoms with E-state index in [-0.39, 0.29) is 24.1 Å². The van der Waals surface area contributed by atoms with Crippen LogP contribution in [0.25, 0.3) is 10.9 Å². The summed E-state index contributed by atoms with van der Waals surface area (Å²) in [5, 5.41) is 12.6. The lowest BCUT2D eigenvalue weighted by molar-refractivity contribution is 0.0933. The summed E-state index contributed by atoms with van der Waals surface area (Å²) in [4.78, 5) is 17.0. The Labute approximate surface area is 145 Å². The highest BCUT2D eigenvalue weighted by atomic mass is 19.1. The number of hydrogen-bond acceptors (Lipinski definition) is 3. The summed E-state index contributed by atoms with van der Waals surface area (Å²) in [5.74, 6) is -0.854. The highest BCUT2D eigenvalue weighted by molar-refractivity contribution is 6.05. The van der Waals surface area contributed by atoms with E-state index in [1.165, 1.54) is 12.1 Å². The van der Waals surface area contributed by atoms with Gasteiger partial charge in [0.05, 0.1) is 17.1 Å². The number of hydrogen-bond donors (Lipinski definition) is 2. The molecule has 0 bridgehead atoms. The van der Waals surface area contributed by atoms with Crippen LogP contribution in [0.4, 0.5) is 4.39 Å². The fraction of sp³-hybridized carbons (Fsp3) is 0.200. The molecule has 0 saturated carbocycles. The quantitative estimate of drug-likeness (QED) is 0.722. The van der Waals surface area contributed by atoms with Gasteiger partial charge in [-0.1, -0.05) is 36.4 Å². The molecule has 25 heavy (non-hydrogen) atoms. The number of aliphatic hydroxyl groups is 1. The Hall–Kier alpha value is -2.79. The van der Waals surface area contributed by atoms with Gasteiger partial charge < -0.3 is 10.4 Å². The Morgan fingerprint density at radius 3 is 2.72 bits per heavy atom. The van der Waals surface area contributed by atoms with Crippen LogP contribution >= 0.6 is 0 Å². The van der Waals surface area contributed by atoms with Crippen LogP contribution in [0.5, 0.6) is 0 Å². The molecule has 3 rings (SSSR count). The maximum atomic E-state index is 13.9. The van der Waals surface area contributed by atoms with Crippen molar-refractivity contribution in [1.82, 2.24) is 10.3 Å². The summed E-state index contributed by atoms with van der Waals surface area (Å²) in [6.07, 6.45) is 2.73. The van der Waals surface area contributed by atoms with Crippen molar-refractivity contribution in [1.29, 1.82) is 0 Å². The number of benzene rings is 2. The van der Waals surface area contributed by atoms with Gasteiger partial charge >= 0.3 is 0 Å². The van der Waals surface area contributed by atoms with E-state index < -0.39 is 5.82 Å². The second-order valence-electron chi connectivity index (χ2n) is 5.83. The van der Waals surface area contributed by atoms with Gasteiger partial charge in [0.1, 0.15) is 5.82 Å².